The minimum Gasteiger partial charge on any atom is -0.404 e. The van der Waals surface area contributed by atoms with Crippen LogP contribution in [0.15, 0.2) is 43.0 Å². The quantitative estimate of drug-likeness (QED) is 0.801. The van der Waals surface area contributed by atoms with Gasteiger partial charge >= 0.3 is 12.4 Å². The van der Waals surface area contributed by atoms with Crippen LogP contribution in [0.5, 0.6) is 5.75 Å². The molecule has 0 aliphatic carbocycles. The van der Waals surface area contributed by atoms with Crippen molar-refractivity contribution in [3.8, 4) is 5.75 Å². The number of nitrogens with one attached hydrogen (secondary N) is 2. The van der Waals surface area contributed by atoms with E-state index in [1.807, 2.05) is 4.57 Å². The Hall–Kier alpha value is -2.71. The molecule has 1 heterocycles. The maximum atomic E-state index is 12.3. The molecule has 0 bridgehead atoms. The molecule has 0 aliphatic rings. The number of ether oxygens (including phenoxy) is 1. The van der Waals surface area contributed by atoms with E-state index in [1.165, 1.54) is 18.2 Å². The Balaban J connectivity index is 1.80. The molecule has 0 fully saturated rings. The van der Waals surface area contributed by atoms with Crippen molar-refractivity contribution in [2.75, 3.05) is 11.9 Å². The van der Waals surface area contributed by atoms with Crippen molar-refractivity contribution >= 4 is 11.7 Å². The summed E-state index contributed by atoms with van der Waals surface area (Å²) in [4.78, 5) is 15.6. The molecule has 0 spiro atoms. The first kappa shape index (κ1) is 16.7. The Morgan fingerprint density at radius 2 is 2.09 bits per heavy atom. The van der Waals surface area contributed by atoms with Crippen LogP contribution in [-0.4, -0.2) is 28.5 Å². The van der Waals surface area contributed by atoms with E-state index >= 15 is 0 Å². The van der Waals surface area contributed by atoms with Gasteiger partial charge in [0.25, 0.3) is 0 Å². The SMILES string of the molecule is O=C(NCCCn1ccnc1)Nc1ccccc1OC(F)(F)F. The van der Waals surface area contributed by atoms with Crippen molar-refractivity contribution in [3.63, 3.8) is 0 Å². The minimum atomic E-state index is -4.82. The number of benzene rings is 1. The van der Waals surface area contributed by atoms with Crippen LogP contribution in [0.25, 0.3) is 0 Å². The average molecular weight is 328 g/mol. The molecule has 6 nitrogen and oxygen atoms in total. The predicted octanol–water partition coefficient (Wildman–Crippen LogP) is 2.99. The number of aromatic nitrogens is 2. The number of hydrogen-bond donors (Lipinski definition) is 2. The number of imidazole rings is 1. The van der Waals surface area contributed by atoms with Gasteiger partial charge in [-0.15, -0.1) is 13.2 Å². The van der Waals surface area contributed by atoms with Crippen LogP contribution in [0.4, 0.5) is 23.7 Å². The van der Waals surface area contributed by atoms with E-state index in [-0.39, 0.29) is 5.69 Å². The molecule has 124 valence electrons. The van der Waals surface area contributed by atoms with Crippen LogP contribution in [0.1, 0.15) is 6.42 Å². The predicted molar refractivity (Wildman–Crippen MR) is 77.0 cm³/mol. The van der Waals surface area contributed by atoms with E-state index in [2.05, 4.69) is 20.4 Å². The number of urea groups is 1. The van der Waals surface area contributed by atoms with Crippen molar-refractivity contribution in [3.05, 3.63) is 43.0 Å². The lowest BCUT2D eigenvalue weighted by atomic mass is 10.3. The maximum Gasteiger partial charge on any atom is 0.573 e. The molecule has 0 radical (unpaired) electrons. The summed E-state index contributed by atoms with van der Waals surface area (Å²) >= 11 is 0. The summed E-state index contributed by atoms with van der Waals surface area (Å²) in [5, 5.41) is 4.90. The Bertz CT molecular complexity index is 629. The number of hydrogen-bond acceptors (Lipinski definition) is 3. The first-order valence-electron chi connectivity index (χ1n) is 6.79. The monoisotopic (exact) mass is 328 g/mol. The molecule has 0 saturated heterocycles. The zero-order valence-electron chi connectivity index (χ0n) is 12.0. The number of para-hydroxylation sites is 2. The molecule has 9 heteroatoms. The van der Waals surface area contributed by atoms with Gasteiger partial charge in [-0.3, -0.25) is 0 Å². The standard InChI is InChI=1S/C14H15F3N4O2/c15-14(16,17)23-12-5-2-1-4-11(12)20-13(22)19-6-3-8-21-9-7-18-10-21/h1-2,4-5,7,9-10H,3,6,8H2,(H2,19,20,22). The van der Waals surface area contributed by atoms with E-state index in [9.17, 15) is 18.0 Å². The third-order valence-corrected chi connectivity index (χ3v) is 2.80. The molecule has 1 aromatic heterocycles. The number of carbonyl (C=O) groups excluding carboxylic acids is 1. The topological polar surface area (TPSA) is 68.2 Å². The Morgan fingerprint density at radius 1 is 1.30 bits per heavy atom. The molecule has 0 aliphatic heterocycles. The van der Waals surface area contributed by atoms with E-state index < -0.39 is 18.1 Å². The van der Waals surface area contributed by atoms with Crippen molar-refractivity contribution in [1.82, 2.24) is 14.9 Å². The molecule has 2 aromatic rings. The summed E-state index contributed by atoms with van der Waals surface area (Å²) in [6.07, 6.45) is 0.941. The van der Waals surface area contributed by atoms with E-state index in [0.29, 0.717) is 19.5 Å². The highest BCUT2D eigenvalue weighted by Gasteiger charge is 2.32. The molecular formula is C14H15F3N4O2. The molecule has 0 saturated carbocycles. The smallest absolute Gasteiger partial charge is 0.404 e. The minimum absolute atomic E-state index is 0.0584. The summed E-state index contributed by atoms with van der Waals surface area (Å²) < 4.78 is 42.6. The van der Waals surface area contributed by atoms with E-state index in [0.717, 1.165) is 6.07 Å². The molecular weight excluding hydrogens is 313 g/mol. The van der Waals surface area contributed by atoms with Gasteiger partial charge in [0.1, 0.15) is 0 Å². The summed E-state index contributed by atoms with van der Waals surface area (Å²) in [5.74, 6) is -0.464. The van der Waals surface area contributed by atoms with Crippen LogP contribution in [0.3, 0.4) is 0 Å². The van der Waals surface area contributed by atoms with Crippen molar-refractivity contribution in [2.24, 2.45) is 0 Å². The van der Waals surface area contributed by atoms with Crippen molar-refractivity contribution in [1.29, 1.82) is 0 Å². The maximum absolute atomic E-state index is 12.3. The number of nitrogens with zero attached hydrogens (tertiary/aromatic N) is 2. The van der Waals surface area contributed by atoms with Crippen LogP contribution in [-0.2, 0) is 6.54 Å². The van der Waals surface area contributed by atoms with Crippen LogP contribution >= 0.6 is 0 Å². The fourth-order valence-electron chi connectivity index (χ4n) is 1.83. The normalized spacial score (nSPS) is 11.1. The van der Waals surface area contributed by atoms with Crippen molar-refractivity contribution < 1.29 is 22.7 Å². The molecule has 0 unspecified atom stereocenters. The van der Waals surface area contributed by atoms with Gasteiger partial charge in [-0.05, 0) is 18.6 Å². The zero-order chi connectivity index (χ0) is 16.7. The summed E-state index contributed by atoms with van der Waals surface area (Å²) in [6.45, 7) is 1.04. The number of halogens is 3. The highest BCUT2D eigenvalue weighted by Crippen LogP contribution is 2.29. The van der Waals surface area contributed by atoms with Gasteiger partial charge in [0.15, 0.2) is 5.75 Å². The van der Waals surface area contributed by atoms with Gasteiger partial charge in [0.2, 0.25) is 0 Å². The molecule has 2 rings (SSSR count). The first-order valence-corrected chi connectivity index (χ1v) is 6.79. The molecule has 2 N–H and O–H groups in total. The van der Waals surface area contributed by atoms with Crippen LogP contribution < -0.4 is 15.4 Å². The number of anilines is 1. The van der Waals surface area contributed by atoms with Gasteiger partial charge in [0, 0.05) is 25.5 Å². The van der Waals surface area contributed by atoms with Gasteiger partial charge in [-0.1, -0.05) is 12.1 Å². The number of amides is 2. The lowest BCUT2D eigenvalue weighted by molar-refractivity contribution is -0.274. The van der Waals surface area contributed by atoms with Gasteiger partial charge in [-0.2, -0.15) is 0 Å². The Kier molecular flexibility index (Phi) is 5.45. The van der Waals surface area contributed by atoms with E-state index in [4.69, 9.17) is 0 Å². The van der Waals surface area contributed by atoms with Crippen LogP contribution in [0, 0.1) is 0 Å². The van der Waals surface area contributed by atoms with Gasteiger partial charge < -0.3 is 19.9 Å². The van der Waals surface area contributed by atoms with Gasteiger partial charge in [-0.25, -0.2) is 9.78 Å². The highest BCUT2D eigenvalue weighted by molar-refractivity contribution is 5.90. The Morgan fingerprint density at radius 3 is 2.78 bits per heavy atom. The number of carbonyl (C=O) groups is 1. The fraction of sp³-hybridized carbons (Fsp3) is 0.286. The molecule has 0 atom stereocenters. The number of rotatable bonds is 6. The third kappa shape index (κ3) is 5.89. The summed E-state index contributed by atoms with van der Waals surface area (Å²) in [6, 6.07) is 4.73. The lowest BCUT2D eigenvalue weighted by Crippen LogP contribution is -2.30. The first-order chi connectivity index (χ1) is 10.9. The second kappa shape index (κ2) is 7.52. The molecule has 23 heavy (non-hydrogen) atoms. The largest absolute Gasteiger partial charge is 0.573 e. The summed E-state index contributed by atoms with van der Waals surface area (Å²) in [7, 11) is 0. The highest BCUT2D eigenvalue weighted by atomic mass is 19.4. The summed E-state index contributed by atoms with van der Waals surface area (Å²) in [5.41, 5.74) is -0.0584. The second-order valence-corrected chi connectivity index (χ2v) is 4.58. The van der Waals surface area contributed by atoms with Gasteiger partial charge in [0.05, 0.1) is 12.0 Å². The average Bonchev–Trinajstić information content (AvgIpc) is 2.97. The lowest BCUT2D eigenvalue weighted by Gasteiger charge is -2.14. The number of alkyl halides is 3. The number of aryl methyl sites for hydroxylation is 1. The second-order valence-electron chi connectivity index (χ2n) is 4.58. The zero-order valence-corrected chi connectivity index (χ0v) is 12.0. The van der Waals surface area contributed by atoms with Crippen molar-refractivity contribution in [2.45, 2.75) is 19.3 Å². The fourth-order valence-corrected chi connectivity index (χ4v) is 1.83. The third-order valence-electron chi connectivity index (χ3n) is 2.80. The Labute approximate surface area is 130 Å². The van der Waals surface area contributed by atoms with E-state index in [1.54, 1.807) is 18.7 Å². The molecule has 1 aromatic carbocycles. The molecule has 2 amide bonds. The van der Waals surface area contributed by atoms with Crippen LogP contribution in [0.2, 0.25) is 0 Å².